The quantitative estimate of drug-likeness (QED) is 0.786. The second-order valence-electron chi connectivity index (χ2n) is 2.88. The van der Waals surface area contributed by atoms with E-state index < -0.39 is 30.0 Å². The van der Waals surface area contributed by atoms with Crippen molar-refractivity contribution < 1.29 is 27.1 Å². The molecule has 0 bridgehead atoms. The fourth-order valence-corrected chi connectivity index (χ4v) is 1.08. The standard InChI is InChI=1S/C7H7F5N2O/c1-14-2-3(4(15)6(8)9)5(13-14)7(10,11)12/h2,4,6,15H,1H3. The van der Waals surface area contributed by atoms with Crippen LogP contribution in [0.2, 0.25) is 0 Å². The third kappa shape index (κ3) is 2.44. The van der Waals surface area contributed by atoms with Crippen LogP contribution in [-0.4, -0.2) is 21.3 Å². The molecule has 0 aliphatic carbocycles. The minimum atomic E-state index is -4.85. The molecule has 1 unspecified atom stereocenters. The number of aryl methyl sites for hydroxylation is 1. The van der Waals surface area contributed by atoms with E-state index in [2.05, 4.69) is 5.10 Å². The van der Waals surface area contributed by atoms with Crippen molar-refractivity contribution >= 4 is 0 Å². The normalized spacial score (nSPS) is 14.7. The van der Waals surface area contributed by atoms with E-state index in [0.29, 0.717) is 0 Å². The first-order valence-electron chi connectivity index (χ1n) is 3.80. The van der Waals surface area contributed by atoms with Gasteiger partial charge in [-0.1, -0.05) is 0 Å². The molecule has 0 radical (unpaired) electrons. The monoisotopic (exact) mass is 230 g/mol. The molecule has 1 heterocycles. The topological polar surface area (TPSA) is 38.0 Å². The maximum Gasteiger partial charge on any atom is 0.435 e. The Morgan fingerprint density at radius 1 is 1.40 bits per heavy atom. The van der Waals surface area contributed by atoms with Crippen LogP contribution in [0.3, 0.4) is 0 Å². The second kappa shape index (κ2) is 3.76. The number of aliphatic hydroxyl groups excluding tert-OH is 1. The Bertz CT molecular complexity index is 346. The van der Waals surface area contributed by atoms with Gasteiger partial charge < -0.3 is 5.11 Å². The Balaban J connectivity index is 3.18. The van der Waals surface area contributed by atoms with Crippen molar-refractivity contribution in [2.75, 3.05) is 0 Å². The summed E-state index contributed by atoms with van der Waals surface area (Å²) in [4.78, 5) is 0. The number of aromatic nitrogens is 2. The molecule has 0 aliphatic rings. The van der Waals surface area contributed by atoms with Gasteiger partial charge in [-0.25, -0.2) is 8.78 Å². The number of rotatable bonds is 2. The van der Waals surface area contributed by atoms with Crippen LogP contribution >= 0.6 is 0 Å². The number of aliphatic hydroxyl groups is 1. The van der Waals surface area contributed by atoms with Gasteiger partial charge in [0.05, 0.1) is 0 Å². The van der Waals surface area contributed by atoms with Crippen molar-refractivity contribution in [2.45, 2.75) is 18.7 Å². The van der Waals surface area contributed by atoms with Gasteiger partial charge in [0.25, 0.3) is 6.43 Å². The summed E-state index contributed by atoms with van der Waals surface area (Å²) < 4.78 is 61.6. The highest BCUT2D eigenvalue weighted by atomic mass is 19.4. The van der Waals surface area contributed by atoms with Gasteiger partial charge in [0.1, 0.15) is 6.10 Å². The zero-order chi connectivity index (χ0) is 11.8. The highest BCUT2D eigenvalue weighted by Gasteiger charge is 2.40. The maximum atomic E-state index is 12.3. The van der Waals surface area contributed by atoms with Crippen LogP contribution in [0.15, 0.2) is 6.20 Å². The largest absolute Gasteiger partial charge is 0.435 e. The van der Waals surface area contributed by atoms with Gasteiger partial charge in [-0.3, -0.25) is 4.68 Å². The second-order valence-corrected chi connectivity index (χ2v) is 2.88. The molecule has 0 aromatic carbocycles. The van der Waals surface area contributed by atoms with E-state index in [4.69, 9.17) is 5.11 Å². The van der Waals surface area contributed by atoms with Gasteiger partial charge in [-0.15, -0.1) is 0 Å². The number of hydrogen-bond donors (Lipinski definition) is 1. The van der Waals surface area contributed by atoms with Gasteiger partial charge in [-0.2, -0.15) is 18.3 Å². The van der Waals surface area contributed by atoms with Crippen LogP contribution in [0.4, 0.5) is 22.0 Å². The molecule has 15 heavy (non-hydrogen) atoms. The van der Waals surface area contributed by atoms with Crippen LogP contribution in [-0.2, 0) is 13.2 Å². The summed E-state index contributed by atoms with van der Waals surface area (Å²) in [5, 5.41) is 11.8. The van der Waals surface area contributed by atoms with Crippen LogP contribution in [0.5, 0.6) is 0 Å². The Kier molecular flexibility index (Phi) is 2.98. The van der Waals surface area contributed by atoms with Gasteiger partial charge in [-0.05, 0) is 0 Å². The molecule has 1 rings (SSSR count). The Morgan fingerprint density at radius 3 is 2.33 bits per heavy atom. The van der Waals surface area contributed by atoms with Crippen molar-refractivity contribution in [1.29, 1.82) is 0 Å². The number of alkyl halides is 5. The van der Waals surface area contributed by atoms with E-state index in [0.717, 1.165) is 17.9 Å². The smallest absolute Gasteiger partial charge is 0.382 e. The summed E-state index contributed by atoms with van der Waals surface area (Å²) in [5.41, 5.74) is -2.40. The molecule has 1 N–H and O–H groups in total. The molecular weight excluding hydrogens is 223 g/mol. The van der Waals surface area contributed by atoms with Crippen LogP contribution in [0, 0.1) is 0 Å². The highest BCUT2D eigenvalue weighted by molar-refractivity contribution is 5.23. The van der Waals surface area contributed by atoms with Crippen molar-refractivity contribution in [3.8, 4) is 0 Å². The first-order chi connectivity index (χ1) is 6.73. The predicted molar refractivity (Wildman–Crippen MR) is 39.2 cm³/mol. The molecule has 0 saturated heterocycles. The molecule has 1 atom stereocenters. The molecule has 1 aromatic heterocycles. The summed E-state index contributed by atoms with van der Waals surface area (Å²) in [6, 6.07) is 0. The van der Waals surface area contributed by atoms with Gasteiger partial charge in [0.15, 0.2) is 5.69 Å². The molecule has 0 spiro atoms. The van der Waals surface area contributed by atoms with E-state index in [9.17, 15) is 22.0 Å². The van der Waals surface area contributed by atoms with Gasteiger partial charge in [0.2, 0.25) is 0 Å². The van der Waals surface area contributed by atoms with E-state index in [1.807, 2.05) is 0 Å². The van der Waals surface area contributed by atoms with E-state index in [-0.39, 0.29) is 0 Å². The first kappa shape index (κ1) is 11.9. The summed E-state index contributed by atoms with van der Waals surface area (Å²) in [5.74, 6) is 0. The SMILES string of the molecule is Cn1cc(C(O)C(F)F)c(C(F)(F)F)n1. The molecule has 86 valence electrons. The first-order valence-corrected chi connectivity index (χ1v) is 3.80. The lowest BCUT2D eigenvalue weighted by Crippen LogP contribution is -2.15. The predicted octanol–water partition coefficient (Wildman–Crippen LogP) is 1.74. The average molecular weight is 230 g/mol. The number of nitrogens with zero attached hydrogens (tertiary/aromatic N) is 2. The lowest BCUT2D eigenvalue weighted by Gasteiger charge is -2.10. The zero-order valence-corrected chi connectivity index (χ0v) is 7.46. The number of hydrogen-bond acceptors (Lipinski definition) is 2. The molecule has 8 heteroatoms. The van der Waals surface area contributed by atoms with Gasteiger partial charge >= 0.3 is 6.18 Å². The lowest BCUT2D eigenvalue weighted by molar-refractivity contribution is -0.144. The third-order valence-corrected chi connectivity index (χ3v) is 1.68. The van der Waals surface area contributed by atoms with Gasteiger partial charge in [0, 0.05) is 18.8 Å². The summed E-state index contributed by atoms with van der Waals surface area (Å²) in [6.45, 7) is 0. The summed E-state index contributed by atoms with van der Waals surface area (Å²) >= 11 is 0. The average Bonchev–Trinajstić information content (AvgIpc) is 2.44. The van der Waals surface area contributed by atoms with Crippen molar-refractivity contribution in [3.63, 3.8) is 0 Å². The zero-order valence-electron chi connectivity index (χ0n) is 7.46. The van der Waals surface area contributed by atoms with Crippen LogP contribution in [0.1, 0.15) is 17.4 Å². The molecule has 1 aromatic rings. The van der Waals surface area contributed by atoms with Crippen LogP contribution < -0.4 is 0 Å². The molecule has 0 saturated carbocycles. The molecule has 3 nitrogen and oxygen atoms in total. The summed E-state index contributed by atoms with van der Waals surface area (Å²) in [7, 11) is 1.15. The maximum absolute atomic E-state index is 12.3. The Labute approximate surface area is 81.1 Å². The Hall–Kier alpha value is -1.18. The lowest BCUT2D eigenvalue weighted by atomic mass is 10.1. The van der Waals surface area contributed by atoms with E-state index in [1.165, 1.54) is 0 Å². The van der Waals surface area contributed by atoms with E-state index >= 15 is 0 Å². The van der Waals surface area contributed by atoms with Crippen molar-refractivity contribution in [2.24, 2.45) is 7.05 Å². The van der Waals surface area contributed by atoms with Crippen LogP contribution in [0.25, 0.3) is 0 Å². The Morgan fingerprint density at radius 2 is 1.93 bits per heavy atom. The van der Waals surface area contributed by atoms with E-state index in [1.54, 1.807) is 0 Å². The molecular formula is C7H7F5N2O. The molecule has 0 aliphatic heterocycles. The minimum absolute atomic E-state index is 0.722. The molecule has 0 amide bonds. The van der Waals surface area contributed by atoms with Crippen molar-refractivity contribution in [3.05, 3.63) is 17.5 Å². The fraction of sp³-hybridized carbons (Fsp3) is 0.571. The third-order valence-electron chi connectivity index (χ3n) is 1.68. The summed E-state index contributed by atoms with van der Waals surface area (Å²) in [6.07, 6.45) is -9.89. The minimum Gasteiger partial charge on any atom is -0.382 e. The fourth-order valence-electron chi connectivity index (χ4n) is 1.08. The van der Waals surface area contributed by atoms with Crippen molar-refractivity contribution in [1.82, 2.24) is 9.78 Å². The highest BCUT2D eigenvalue weighted by Crippen LogP contribution is 2.34. The number of halogens is 5. The molecule has 0 fully saturated rings.